The van der Waals surface area contributed by atoms with Gasteiger partial charge in [0.15, 0.2) is 0 Å². The van der Waals surface area contributed by atoms with Crippen LogP contribution in [0.1, 0.15) is 32.3 Å². The highest BCUT2D eigenvalue weighted by atomic mass is 35.5. The van der Waals surface area contributed by atoms with E-state index in [0.717, 1.165) is 10.5 Å². The Hall–Kier alpha value is -2.90. The lowest BCUT2D eigenvalue weighted by Crippen LogP contribution is -2.53. The van der Waals surface area contributed by atoms with Crippen molar-refractivity contribution in [2.45, 2.75) is 45.4 Å². The molecule has 0 fully saturated rings. The zero-order chi connectivity index (χ0) is 23.5. The molecule has 7 nitrogen and oxygen atoms in total. The van der Waals surface area contributed by atoms with Gasteiger partial charge in [-0.05, 0) is 36.1 Å². The molecule has 2 atom stereocenters. The number of hydrogen-bond acceptors (Lipinski definition) is 6. The quantitative estimate of drug-likeness (QED) is 0.504. The van der Waals surface area contributed by atoms with Crippen molar-refractivity contribution < 1.29 is 23.9 Å². The van der Waals surface area contributed by atoms with E-state index in [2.05, 4.69) is 0 Å². The van der Waals surface area contributed by atoms with E-state index >= 15 is 0 Å². The van der Waals surface area contributed by atoms with Gasteiger partial charge in [0.05, 0.1) is 12.6 Å². The number of hydrogen-bond donors (Lipinski definition) is 1. The molecule has 32 heavy (non-hydrogen) atoms. The van der Waals surface area contributed by atoms with Crippen molar-refractivity contribution in [2.75, 3.05) is 6.61 Å². The van der Waals surface area contributed by atoms with E-state index in [1.54, 1.807) is 36.4 Å². The van der Waals surface area contributed by atoms with Crippen LogP contribution in [-0.4, -0.2) is 41.9 Å². The fourth-order valence-electron chi connectivity index (χ4n) is 3.08. The van der Waals surface area contributed by atoms with Crippen LogP contribution in [0.5, 0.6) is 5.75 Å². The van der Waals surface area contributed by atoms with E-state index < -0.39 is 24.1 Å². The summed E-state index contributed by atoms with van der Waals surface area (Å²) in [7, 11) is 0. The van der Waals surface area contributed by atoms with Gasteiger partial charge in [-0.15, -0.1) is 0 Å². The van der Waals surface area contributed by atoms with Crippen molar-refractivity contribution >= 4 is 29.9 Å². The molecular weight excluding hydrogens is 432 g/mol. The van der Waals surface area contributed by atoms with Crippen molar-refractivity contribution in [2.24, 2.45) is 11.7 Å². The molecule has 0 heterocycles. The third-order valence-corrected chi connectivity index (χ3v) is 4.88. The van der Waals surface area contributed by atoms with Crippen LogP contribution in [0.25, 0.3) is 0 Å². The van der Waals surface area contributed by atoms with E-state index in [1.807, 2.05) is 32.0 Å². The summed E-state index contributed by atoms with van der Waals surface area (Å²) < 4.78 is 10.9. The first-order valence-corrected chi connectivity index (χ1v) is 10.8. The molecule has 0 saturated carbocycles. The van der Waals surface area contributed by atoms with Crippen LogP contribution in [0.3, 0.4) is 0 Å². The molecule has 0 radical (unpaired) electrons. The molecule has 172 valence electrons. The minimum atomic E-state index is -1.08. The predicted molar refractivity (Wildman–Crippen MR) is 122 cm³/mol. The fourth-order valence-corrected chi connectivity index (χ4v) is 3.26. The monoisotopic (exact) mass is 460 g/mol. The minimum absolute atomic E-state index is 0.0343. The number of nitrogens with two attached hydrogens (primary N) is 1. The van der Waals surface area contributed by atoms with Gasteiger partial charge in [0.2, 0.25) is 5.91 Å². The van der Waals surface area contributed by atoms with Crippen LogP contribution in [-0.2, 0) is 20.9 Å². The number of carbonyl (C=O) groups excluding carboxylic acids is 3. The fraction of sp³-hybridized carbons (Fsp3) is 0.375. The van der Waals surface area contributed by atoms with E-state index in [1.165, 1.54) is 0 Å². The molecule has 1 unspecified atom stereocenters. The average Bonchev–Trinajstić information content (AvgIpc) is 2.77. The van der Waals surface area contributed by atoms with Gasteiger partial charge < -0.3 is 20.0 Å². The second-order valence-corrected chi connectivity index (χ2v) is 8.22. The third kappa shape index (κ3) is 7.98. The van der Waals surface area contributed by atoms with Crippen LogP contribution >= 0.6 is 11.6 Å². The summed E-state index contributed by atoms with van der Waals surface area (Å²) in [4.78, 5) is 38.5. The number of nitrogens with zero attached hydrogens (tertiary/aromatic N) is 1. The first-order chi connectivity index (χ1) is 15.3. The molecule has 2 rings (SSSR count). The Bertz CT molecular complexity index is 891. The van der Waals surface area contributed by atoms with E-state index in [9.17, 15) is 14.4 Å². The predicted octanol–water partition coefficient (Wildman–Crippen LogP) is 4.22. The Labute approximate surface area is 193 Å². The molecule has 0 spiro atoms. The Morgan fingerprint density at radius 3 is 2.47 bits per heavy atom. The Morgan fingerprint density at radius 2 is 1.84 bits per heavy atom. The number of ether oxygens (including phenoxy) is 2. The lowest BCUT2D eigenvalue weighted by molar-refractivity contribution is -0.136. The molecule has 2 N–H and O–H groups in total. The summed E-state index contributed by atoms with van der Waals surface area (Å²) in [6.45, 7) is 3.88. The van der Waals surface area contributed by atoms with E-state index in [4.69, 9.17) is 26.8 Å². The number of amides is 2. The maximum atomic E-state index is 13.0. The topological polar surface area (TPSA) is 98.9 Å². The second kappa shape index (κ2) is 12.8. The first kappa shape index (κ1) is 25.4. The number of carbonyl (C=O) groups is 3. The number of rotatable bonds is 11. The lowest BCUT2D eigenvalue weighted by Gasteiger charge is -2.28. The van der Waals surface area contributed by atoms with Crippen LogP contribution in [0.2, 0.25) is 5.02 Å². The van der Waals surface area contributed by atoms with Crippen molar-refractivity contribution in [3.8, 4) is 5.75 Å². The van der Waals surface area contributed by atoms with Gasteiger partial charge in [0, 0.05) is 11.4 Å². The summed E-state index contributed by atoms with van der Waals surface area (Å²) in [5.74, 6) is -0.00297. The van der Waals surface area contributed by atoms with Crippen molar-refractivity contribution in [1.29, 1.82) is 0 Å². The normalized spacial score (nSPS) is 12.7. The summed E-state index contributed by atoms with van der Waals surface area (Å²) in [6, 6.07) is 13.8. The van der Waals surface area contributed by atoms with Gasteiger partial charge in [-0.3, -0.25) is 4.79 Å². The molecule has 0 saturated heterocycles. The molecule has 0 aliphatic heterocycles. The SMILES string of the molecule is CC(C)C[C@H](N)C(=O)N(C(=O)OCc1ccccc1)C(C=O)CCOc1cccc(Cl)c1. The van der Waals surface area contributed by atoms with Crippen LogP contribution in [0.15, 0.2) is 54.6 Å². The van der Waals surface area contributed by atoms with Gasteiger partial charge in [-0.2, -0.15) is 0 Å². The highest BCUT2D eigenvalue weighted by Gasteiger charge is 2.34. The average molecular weight is 461 g/mol. The molecule has 2 aromatic rings. The highest BCUT2D eigenvalue weighted by Crippen LogP contribution is 2.18. The molecular formula is C24H29ClN2O5. The first-order valence-electron chi connectivity index (χ1n) is 10.4. The maximum Gasteiger partial charge on any atom is 0.417 e. The number of benzene rings is 2. The highest BCUT2D eigenvalue weighted by molar-refractivity contribution is 6.30. The Morgan fingerprint density at radius 1 is 1.12 bits per heavy atom. The van der Waals surface area contributed by atoms with E-state index in [0.29, 0.717) is 23.5 Å². The second-order valence-electron chi connectivity index (χ2n) is 7.78. The van der Waals surface area contributed by atoms with Gasteiger partial charge in [0.25, 0.3) is 0 Å². The summed E-state index contributed by atoms with van der Waals surface area (Å²) in [6.07, 6.45) is 0.0611. The number of imide groups is 1. The molecule has 0 aromatic heterocycles. The lowest BCUT2D eigenvalue weighted by atomic mass is 10.0. The molecule has 2 aromatic carbocycles. The van der Waals surface area contributed by atoms with Crippen molar-refractivity contribution in [3.63, 3.8) is 0 Å². The van der Waals surface area contributed by atoms with Gasteiger partial charge in [-0.25, -0.2) is 9.69 Å². The smallest absolute Gasteiger partial charge is 0.417 e. The molecule has 0 bridgehead atoms. The van der Waals surface area contributed by atoms with Gasteiger partial charge in [-0.1, -0.05) is 61.8 Å². The zero-order valence-corrected chi connectivity index (χ0v) is 19.0. The Kier molecular flexibility index (Phi) is 10.2. The van der Waals surface area contributed by atoms with E-state index in [-0.39, 0.29) is 25.6 Å². The number of aldehydes is 1. The molecule has 0 aliphatic carbocycles. The third-order valence-electron chi connectivity index (χ3n) is 4.65. The van der Waals surface area contributed by atoms with Gasteiger partial charge in [0.1, 0.15) is 24.7 Å². The van der Waals surface area contributed by atoms with Crippen LogP contribution < -0.4 is 10.5 Å². The maximum absolute atomic E-state index is 13.0. The summed E-state index contributed by atoms with van der Waals surface area (Å²) in [5.41, 5.74) is 6.79. The van der Waals surface area contributed by atoms with Gasteiger partial charge >= 0.3 is 6.09 Å². The molecule has 2 amide bonds. The minimum Gasteiger partial charge on any atom is -0.493 e. The summed E-state index contributed by atoms with van der Waals surface area (Å²) in [5, 5.41) is 0.510. The van der Waals surface area contributed by atoms with Crippen LogP contribution in [0.4, 0.5) is 4.79 Å². The molecule has 8 heteroatoms. The standard InChI is InChI=1S/C24H29ClN2O5/c1-17(2)13-22(26)23(29)27(24(30)32-16-18-7-4-3-5-8-18)20(15-28)11-12-31-21-10-6-9-19(25)14-21/h3-10,14-15,17,20,22H,11-13,16,26H2,1-2H3/t20?,22-/m0/s1. The van der Waals surface area contributed by atoms with Crippen molar-refractivity contribution in [1.82, 2.24) is 4.90 Å². The number of halogens is 1. The van der Waals surface area contributed by atoms with Crippen molar-refractivity contribution in [3.05, 3.63) is 65.2 Å². The Balaban J connectivity index is 2.11. The van der Waals surface area contributed by atoms with Crippen LogP contribution in [0, 0.1) is 5.92 Å². The largest absolute Gasteiger partial charge is 0.493 e. The summed E-state index contributed by atoms with van der Waals surface area (Å²) >= 11 is 5.94. The molecule has 0 aliphatic rings. The zero-order valence-electron chi connectivity index (χ0n) is 18.3.